The third-order valence-electron chi connectivity index (χ3n) is 4.13. The topological polar surface area (TPSA) is 39.1 Å². The Morgan fingerprint density at radius 3 is 2.88 bits per heavy atom. The molecule has 0 radical (unpaired) electrons. The fraction of sp³-hybridized carbons (Fsp3) is 0.929. The van der Waals surface area contributed by atoms with E-state index in [9.17, 15) is 0 Å². The van der Waals surface area contributed by atoms with Crippen molar-refractivity contribution < 1.29 is 0 Å². The normalized spacial score (nSPS) is 25.2. The van der Waals surface area contributed by atoms with Crippen LogP contribution in [0.2, 0.25) is 0 Å². The van der Waals surface area contributed by atoms with Crippen LogP contribution in [0.3, 0.4) is 0 Å². The Labute approximate surface area is 106 Å². The summed E-state index contributed by atoms with van der Waals surface area (Å²) in [6.45, 7) is 7.94. The molecule has 1 heterocycles. The highest BCUT2D eigenvalue weighted by Crippen LogP contribution is 2.20. The van der Waals surface area contributed by atoms with Gasteiger partial charge in [0.05, 0.1) is 6.07 Å². The van der Waals surface area contributed by atoms with E-state index in [1.165, 1.54) is 32.4 Å². The molecule has 0 aliphatic carbocycles. The van der Waals surface area contributed by atoms with Gasteiger partial charge >= 0.3 is 0 Å². The van der Waals surface area contributed by atoms with Crippen molar-refractivity contribution in [2.24, 2.45) is 5.92 Å². The van der Waals surface area contributed by atoms with Crippen LogP contribution in [-0.4, -0.2) is 37.1 Å². The number of nitrogens with zero attached hydrogens (tertiary/aromatic N) is 2. The van der Waals surface area contributed by atoms with E-state index in [0.717, 1.165) is 25.3 Å². The van der Waals surface area contributed by atoms with Crippen molar-refractivity contribution in [3.05, 3.63) is 0 Å². The van der Waals surface area contributed by atoms with E-state index in [4.69, 9.17) is 5.26 Å². The SMILES string of the molecule is CCC1CCCN(CCCC(C)(C#N)NC)C1. The molecule has 2 unspecified atom stereocenters. The van der Waals surface area contributed by atoms with Crippen molar-refractivity contribution >= 4 is 0 Å². The maximum atomic E-state index is 9.08. The van der Waals surface area contributed by atoms with Crippen LogP contribution in [-0.2, 0) is 0 Å². The van der Waals surface area contributed by atoms with Gasteiger partial charge in [-0.2, -0.15) is 5.26 Å². The van der Waals surface area contributed by atoms with E-state index in [0.29, 0.717) is 0 Å². The zero-order chi connectivity index (χ0) is 12.7. The molecule has 1 saturated heterocycles. The highest BCUT2D eigenvalue weighted by atomic mass is 15.1. The second-order valence-corrected chi connectivity index (χ2v) is 5.51. The molecule has 1 aliphatic heterocycles. The van der Waals surface area contributed by atoms with E-state index in [1.54, 1.807) is 0 Å². The first-order valence-corrected chi connectivity index (χ1v) is 6.96. The summed E-state index contributed by atoms with van der Waals surface area (Å²) in [7, 11) is 1.87. The summed E-state index contributed by atoms with van der Waals surface area (Å²) in [5.41, 5.74) is -0.347. The summed E-state index contributed by atoms with van der Waals surface area (Å²) < 4.78 is 0. The number of nitriles is 1. The van der Waals surface area contributed by atoms with Gasteiger partial charge < -0.3 is 10.2 Å². The number of likely N-dealkylation sites (tertiary alicyclic amines) is 1. The molecule has 3 heteroatoms. The lowest BCUT2D eigenvalue weighted by Crippen LogP contribution is -2.40. The van der Waals surface area contributed by atoms with Gasteiger partial charge in [0.2, 0.25) is 0 Å². The van der Waals surface area contributed by atoms with Crippen LogP contribution in [0.1, 0.15) is 46.0 Å². The summed E-state index contributed by atoms with van der Waals surface area (Å²) in [4.78, 5) is 2.57. The van der Waals surface area contributed by atoms with Crippen molar-refractivity contribution in [1.82, 2.24) is 10.2 Å². The quantitative estimate of drug-likeness (QED) is 0.771. The van der Waals surface area contributed by atoms with E-state index in [1.807, 2.05) is 14.0 Å². The Balaban J connectivity index is 2.24. The Bertz CT molecular complexity index is 259. The molecule has 1 fully saturated rings. The molecule has 0 aromatic carbocycles. The number of nitrogens with one attached hydrogen (secondary N) is 1. The molecule has 2 atom stereocenters. The van der Waals surface area contributed by atoms with E-state index in [2.05, 4.69) is 23.2 Å². The third kappa shape index (κ3) is 4.65. The first-order valence-electron chi connectivity index (χ1n) is 6.96. The molecule has 17 heavy (non-hydrogen) atoms. The van der Waals surface area contributed by atoms with Gasteiger partial charge in [0.1, 0.15) is 5.54 Å². The smallest absolute Gasteiger partial charge is 0.103 e. The zero-order valence-electron chi connectivity index (χ0n) is 11.6. The van der Waals surface area contributed by atoms with E-state index in [-0.39, 0.29) is 5.54 Å². The van der Waals surface area contributed by atoms with Crippen LogP contribution < -0.4 is 5.32 Å². The summed E-state index contributed by atoms with van der Waals surface area (Å²) in [6, 6.07) is 2.36. The predicted molar refractivity (Wildman–Crippen MR) is 71.8 cm³/mol. The van der Waals surface area contributed by atoms with Crippen molar-refractivity contribution in [1.29, 1.82) is 5.26 Å². The van der Waals surface area contributed by atoms with Gasteiger partial charge in [0.15, 0.2) is 0 Å². The van der Waals surface area contributed by atoms with Gasteiger partial charge in [0.25, 0.3) is 0 Å². The van der Waals surface area contributed by atoms with Crippen molar-refractivity contribution in [3.8, 4) is 6.07 Å². The summed E-state index contributed by atoms with van der Waals surface area (Å²) in [5.74, 6) is 0.899. The van der Waals surface area contributed by atoms with Gasteiger partial charge in [-0.25, -0.2) is 0 Å². The van der Waals surface area contributed by atoms with Crippen LogP contribution in [0.5, 0.6) is 0 Å². The van der Waals surface area contributed by atoms with Gasteiger partial charge in [-0.05, 0) is 58.7 Å². The maximum Gasteiger partial charge on any atom is 0.103 e. The van der Waals surface area contributed by atoms with Crippen LogP contribution in [0.4, 0.5) is 0 Å². The van der Waals surface area contributed by atoms with Crippen LogP contribution in [0.15, 0.2) is 0 Å². The fourth-order valence-electron chi connectivity index (χ4n) is 2.58. The number of piperidine rings is 1. The number of rotatable bonds is 6. The van der Waals surface area contributed by atoms with Gasteiger partial charge in [-0.1, -0.05) is 13.3 Å². The molecule has 3 nitrogen and oxygen atoms in total. The highest BCUT2D eigenvalue weighted by molar-refractivity contribution is 5.02. The predicted octanol–water partition coefficient (Wildman–Crippen LogP) is 2.39. The lowest BCUT2D eigenvalue weighted by molar-refractivity contribution is 0.166. The fourth-order valence-corrected chi connectivity index (χ4v) is 2.58. The summed E-state index contributed by atoms with van der Waals surface area (Å²) >= 11 is 0. The van der Waals surface area contributed by atoms with Gasteiger partial charge in [-0.3, -0.25) is 0 Å². The lowest BCUT2D eigenvalue weighted by atomic mass is 9.94. The zero-order valence-corrected chi connectivity index (χ0v) is 11.6. The summed E-state index contributed by atoms with van der Waals surface area (Å²) in [6.07, 6.45) is 6.11. The average molecular weight is 237 g/mol. The molecule has 1 rings (SSSR count). The van der Waals surface area contributed by atoms with Crippen LogP contribution in [0.25, 0.3) is 0 Å². The van der Waals surface area contributed by atoms with Crippen molar-refractivity contribution in [3.63, 3.8) is 0 Å². The van der Waals surface area contributed by atoms with Crippen LogP contribution in [0, 0.1) is 17.2 Å². The van der Waals surface area contributed by atoms with Crippen LogP contribution >= 0.6 is 0 Å². The van der Waals surface area contributed by atoms with Crippen molar-refractivity contribution in [2.75, 3.05) is 26.7 Å². The van der Waals surface area contributed by atoms with Crippen molar-refractivity contribution in [2.45, 2.75) is 51.5 Å². The number of hydrogen-bond donors (Lipinski definition) is 1. The largest absolute Gasteiger partial charge is 0.303 e. The van der Waals surface area contributed by atoms with Gasteiger partial charge in [-0.15, -0.1) is 0 Å². The first-order chi connectivity index (χ1) is 8.13. The molecule has 0 aromatic rings. The highest BCUT2D eigenvalue weighted by Gasteiger charge is 2.22. The molecule has 0 bridgehead atoms. The minimum atomic E-state index is -0.347. The molecule has 1 aliphatic rings. The molecular formula is C14H27N3. The lowest BCUT2D eigenvalue weighted by Gasteiger charge is -2.32. The molecule has 0 spiro atoms. The Morgan fingerprint density at radius 1 is 1.53 bits per heavy atom. The molecule has 0 saturated carbocycles. The minimum absolute atomic E-state index is 0.347. The molecular weight excluding hydrogens is 210 g/mol. The second kappa shape index (κ2) is 6.98. The Morgan fingerprint density at radius 2 is 2.29 bits per heavy atom. The third-order valence-corrected chi connectivity index (χ3v) is 4.13. The molecule has 0 amide bonds. The number of hydrogen-bond acceptors (Lipinski definition) is 3. The molecule has 1 N–H and O–H groups in total. The van der Waals surface area contributed by atoms with Gasteiger partial charge in [0, 0.05) is 6.54 Å². The maximum absolute atomic E-state index is 9.08. The molecule has 98 valence electrons. The average Bonchev–Trinajstić information content (AvgIpc) is 2.39. The standard InChI is InChI=1S/C14H27N3/c1-4-13-7-5-9-17(11-13)10-6-8-14(2,12-15)16-3/h13,16H,4-11H2,1-3H3. The Kier molecular flexibility index (Phi) is 5.94. The monoisotopic (exact) mass is 237 g/mol. The van der Waals surface area contributed by atoms with E-state index < -0.39 is 0 Å². The minimum Gasteiger partial charge on any atom is -0.303 e. The molecule has 0 aromatic heterocycles. The second-order valence-electron chi connectivity index (χ2n) is 5.51. The Hall–Kier alpha value is -0.590. The summed E-state index contributed by atoms with van der Waals surface area (Å²) in [5, 5.41) is 12.2. The first kappa shape index (κ1) is 14.5. The van der Waals surface area contributed by atoms with E-state index >= 15 is 0 Å².